The van der Waals surface area contributed by atoms with Crippen LogP contribution in [0.4, 0.5) is 24.5 Å². The highest BCUT2D eigenvalue weighted by atomic mass is 32.2. The average Bonchev–Trinajstić information content (AvgIpc) is 3.23. The van der Waals surface area contributed by atoms with E-state index in [1.807, 2.05) is 17.9 Å². The van der Waals surface area contributed by atoms with Crippen molar-refractivity contribution in [3.8, 4) is 5.69 Å². The number of amides is 1. The topological polar surface area (TPSA) is 96.7 Å². The molecule has 0 saturated carbocycles. The first-order valence-electron chi connectivity index (χ1n) is 14.5. The first kappa shape index (κ1) is 31.9. The summed E-state index contributed by atoms with van der Waals surface area (Å²) in [6, 6.07) is 19.3. The predicted octanol–water partition coefficient (Wildman–Crippen LogP) is 5.44. The summed E-state index contributed by atoms with van der Waals surface area (Å²) in [5.41, 5.74) is 0.172. The second-order valence-corrected chi connectivity index (χ2v) is 12.7. The van der Waals surface area contributed by atoms with Crippen LogP contribution in [-0.2, 0) is 23.2 Å². The molecule has 0 spiro atoms. The zero-order valence-corrected chi connectivity index (χ0v) is 25.9. The number of aromatic nitrogens is 2. The summed E-state index contributed by atoms with van der Waals surface area (Å²) in [5, 5.41) is 0. The Morgan fingerprint density at radius 2 is 1.64 bits per heavy atom. The van der Waals surface area contributed by atoms with Crippen molar-refractivity contribution in [1.82, 2.24) is 14.3 Å². The van der Waals surface area contributed by atoms with Gasteiger partial charge in [0.15, 0.2) is 0 Å². The monoisotopic (exact) mass is 641 g/mol. The molecule has 3 aromatic carbocycles. The number of rotatable bonds is 8. The Bertz CT molecular complexity index is 1870. The van der Waals surface area contributed by atoms with Crippen LogP contribution in [-0.4, -0.2) is 54.3 Å². The predicted molar refractivity (Wildman–Crippen MR) is 166 cm³/mol. The van der Waals surface area contributed by atoms with Gasteiger partial charge in [0.2, 0.25) is 0 Å². The molecule has 1 amide bonds. The van der Waals surface area contributed by atoms with E-state index in [1.54, 1.807) is 53.9 Å². The number of hydrogen-bond donors (Lipinski definition) is 1. The van der Waals surface area contributed by atoms with Gasteiger partial charge < -0.3 is 9.80 Å². The van der Waals surface area contributed by atoms with Gasteiger partial charge in [-0.05, 0) is 61.9 Å². The summed E-state index contributed by atoms with van der Waals surface area (Å²) in [4.78, 5) is 30.4. The summed E-state index contributed by atoms with van der Waals surface area (Å²) in [6.45, 7) is 4.49. The van der Waals surface area contributed by atoms with E-state index in [-0.39, 0.29) is 34.6 Å². The number of halogens is 3. The molecule has 1 aliphatic heterocycles. The Morgan fingerprint density at radius 1 is 0.956 bits per heavy atom. The second kappa shape index (κ2) is 12.5. The van der Waals surface area contributed by atoms with E-state index >= 15 is 0 Å². The Balaban J connectivity index is 1.38. The normalized spacial score (nSPS) is 15.7. The summed E-state index contributed by atoms with van der Waals surface area (Å²) < 4.78 is 72.3. The zero-order chi connectivity index (χ0) is 32.5. The smallest absolute Gasteiger partial charge is 0.368 e. The van der Waals surface area contributed by atoms with Crippen molar-refractivity contribution >= 4 is 27.3 Å². The first-order valence-corrected chi connectivity index (χ1v) is 16.0. The zero-order valence-electron chi connectivity index (χ0n) is 25.1. The number of anilines is 2. The second-order valence-electron chi connectivity index (χ2n) is 11.0. The molecule has 1 unspecified atom stereocenters. The van der Waals surface area contributed by atoms with E-state index in [0.717, 1.165) is 18.6 Å². The van der Waals surface area contributed by atoms with Crippen molar-refractivity contribution in [3.63, 3.8) is 0 Å². The number of nitrogens with one attached hydrogen (secondary N) is 1. The van der Waals surface area contributed by atoms with E-state index in [0.29, 0.717) is 36.6 Å². The largest absolute Gasteiger partial charge is 0.416 e. The van der Waals surface area contributed by atoms with Gasteiger partial charge in [-0.15, -0.1) is 0 Å². The van der Waals surface area contributed by atoms with Gasteiger partial charge in [-0.1, -0.05) is 43.7 Å². The van der Waals surface area contributed by atoms with Crippen LogP contribution in [0.25, 0.3) is 5.69 Å². The number of nitrogens with zero attached hydrogens (tertiary/aromatic N) is 4. The van der Waals surface area contributed by atoms with Gasteiger partial charge in [0, 0.05) is 44.0 Å². The van der Waals surface area contributed by atoms with Crippen LogP contribution < -0.4 is 15.2 Å². The number of carbonyl (C=O) groups is 1. The van der Waals surface area contributed by atoms with Gasteiger partial charge in [0.25, 0.3) is 21.5 Å². The van der Waals surface area contributed by atoms with Crippen LogP contribution in [0.15, 0.2) is 88.6 Å². The van der Waals surface area contributed by atoms with Crippen LogP contribution in [0, 0.1) is 6.92 Å². The lowest BCUT2D eigenvalue weighted by molar-refractivity contribution is -0.137. The van der Waals surface area contributed by atoms with Gasteiger partial charge in [-0.3, -0.25) is 19.0 Å². The summed E-state index contributed by atoms with van der Waals surface area (Å²) >= 11 is 0. The van der Waals surface area contributed by atoms with Crippen LogP contribution in [0.3, 0.4) is 0 Å². The third-order valence-electron chi connectivity index (χ3n) is 8.09. The number of carbonyl (C=O) groups excluding carboxylic acids is 1. The third kappa shape index (κ3) is 6.48. The maximum atomic E-state index is 13.8. The highest BCUT2D eigenvalue weighted by Crippen LogP contribution is 2.33. The molecule has 0 radical (unpaired) electrons. The van der Waals surface area contributed by atoms with Crippen molar-refractivity contribution < 1.29 is 26.4 Å². The molecule has 1 saturated heterocycles. The fourth-order valence-electron chi connectivity index (χ4n) is 5.66. The van der Waals surface area contributed by atoms with Crippen molar-refractivity contribution in [3.05, 3.63) is 106 Å². The standard InChI is InChI=1S/C32H34F3N5O4S/c1-4-10-27-21-38(26-15-9-12-24(20-26)32(33,34)35)17-18-39(27)30(41)23-11-8-16-28(19-23)45(43,44)36-29-22(2)37(3)40(31(29)42)25-13-6-5-7-14-25/h5-9,11-16,19-20,27,36H,4,10,17-18,21H2,1-3H3. The van der Waals surface area contributed by atoms with Crippen LogP contribution >= 0.6 is 0 Å². The lowest BCUT2D eigenvalue weighted by atomic mass is 10.0. The molecule has 9 nitrogen and oxygen atoms in total. The van der Waals surface area contributed by atoms with Crippen LogP contribution in [0.2, 0.25) is 0 Å². The molecule has 4 aromatic rings. The highest BCUT2D eigenvalue weighted by Gasteiger charge is 2.34. The Hall–Kier alpha value is -4.52. The van der Waals surface area contributed by atoms with Gasteiger partial charge in [0.05, 0.1) is 21.8 Å². The summed E-state index contributed by atoms with van der Waals surface area (Å²) in [7, 11) is -2.61. The SMILES string of the molecule is CCCC1CN(c2cccc(C(F)(F)F)c2)CCN1C(=O)c1cccc(S(=O)(=O)Nc2c(C)n(C)n(-c3ccccc3)c2=O)c1. The number of sulfonamides is 1. The molecule has 45 heavy (non-hydrogen) atoms. The van der Waals surface area contributed by atoms with Gasteiger partial charge >= 0.3 is 6.18 Å². The minimum atomic E-state index is -4.46. The van der Waals surface area contributed by atoms with E-state index in [9.17, 15) is 31.2 Å². The lowest BCUT2D eigenvalue weighted by Gasteiger charge is -2.42. The number of piperazine rings is 1. The van der Waals surface area contributed by atoms with Crippen molar-refractivity contribution in [2.45, 2.75) is 43.8 Å². The Morgan fingerprint density at radius 3 is 2.33 bits per heavy atom. The summed E-state index contributed by atoms with van der Waals surface area (Å²) in [6.07, 6.45) is -3.11. The first-order chi connectivity index (χ1) is 21.3. The van der Waals surface area contributed by atoms with Gasteiger partial charge in [-0.25, -0.2) is 13.1 Å². The Labute approximate surface area is 259 Å². The molecule has 0 bridgehead atoms. The van der Waals surface area contributed by atoms with Crippen molar-refractivity contribution in [1.29, 1.82) is 0 Å². The maximum absolute atomic E-state index is 13.8. The fourth-order valence-corrected chi connectivity index (χ4v) is 6.82. The molecule has 238 valence electrons. The quantitative estimate of drug-likeness (QED) is 0.277. The van der Waals surface area contributed by atoms with E-state index in [4.69, 9.17) is 0 Å². The molecule has 2 heterocycles. The number of benzene rings is 3. The van der Waals surface area contributed by atoms with E-state index in [1.165, 1.54) is 35.0 Å². The van der Waals surface area contributed by atoms with Gasteiger partial charge in [-0.2, -0.15) is 13.2 Å². The van der Waals surface area contributed by atoms with Crippen molar-refractivity contribution in [2.75, 3.05) is 29.3 Å². The average molecular weight is 642 g/mol. The van der Waals surface area contributed by atoms with Crippen LogP contribution in [0.5, 0.6) is 0 Å². The fraction of sp³-hybridized carbons (Fsp3) is 0.312. The molecular weight excluding hydrogens is 607 g/mol. The molecule has 1 atom stereocenters. The molecule has 5 rings (SSSR count). The molecule has 1 aromatic heterocycles. The molecule has 1 aliphatic rings. The lowest BCUT2D eigenvalue weighted by Crippen LogP contribution is -2.55. The number of alkyl halides is 3. The molecule has 0 aliphatic carbocycles. The van der Waals surface area contributed by atoms with Gasteiger partial charge in [0.1, 0.15) is 5.69 Å². The molecular formula is C32H34F3N5O4S. The minimum absolute atomic E-state index is 0.105. The third-order valence-corrected chi connectivity index (χ3v) is 9.43. The van der Waals surface area contributed by atoms with Crippen LogP contribution in [0.1, 0.15) is 41.4 Å². The molecule has 13 heteroatoms. The summed E-state index contributed by atoms with van der Waals surface area (Å²) in [5.74, 6) is -0.378. The highest BCUT2D eigenvalue weighted by molar-refractivity contribution is 7.92. The van der Waals surface area contributed by atoms with Crippen molar-refractivity contribution in [2.24, 2.45) is 7.05 Å². The van der Waals surface area contributed by atoms with E-state index in [2.05, 4.69) is 4.72 Å². The Kier molecular flexibility index (Phi) is 8.83. The maximum Gasteiger partial charge on any atom is 0.416 e. The minimum Gasteiger partial charge on any atom is -0.368 e. The molecule has 1 N–H and O–H groups in total. The number of para-hydroxylation sites is 1. The number of hydrogen-bond acceptors (Lipinski definition) is 5. The van der Waals surface area contributed by atoms with E-state index < -0.39 is 27.3 Å². The molecule has 1 fully saturated rings.